The van der Waals surface area contributed by atoms with Crippen molar-refractivity contribution in [3.63, 3.8) is 0 Å². The number of sulfonamides is 1. The lowest BCUT2D eigenvalue weighted by Gasteiger charge is -2.07. The maximum Gasteiger partial charge on any atom is 0.241 e. The van der Waals surface area contributed by atoms with Gasteiger partial charge in [0, 0.05) is 5.56 Å². The molecule has 0 aliphatic heterocycles. The van der Waals surface area contributed by atoms with Gasteiger partial charge < -0.3 is 4.74 Å². The minimum Gasteiger partial charge on any atom is -0.495 e. The van der Waals surface area contributed by atoms with E-state index in [-0.39, 0.29) is 22.0 Å². The summed E-state index contributed by atoms with van der Waals surface area (Å²) in [4.78, 5) is 10.9. The molecule has 0 saturated heterocycles. The Hall–Kier alpha value is -1.40. The van der Waals surface area contributed by atoms with Crippen LogP contribution in [0.3, 0.4) is 0 Å². The minimum absolute atomic E-state index is 0.127. The van der Waals surface area contributed by atoms with Gasteiger partial charge in [0.25, 0.3) is 0 Å². The van der Waals surface area contributed by atoms with Gasteiger partial charge in [-0.3, -0.25) is 4.79 Å². The molecule has 15 heavy (non-hydrogen) atoms. The average Bonchev–Trinajstić information content (AvgIpc) is 2.15. The second kappa shape index (κ2) is 4.00. The van der Waals surface area contributed by atoms with Gasteiger partial charge in [0.1, 0.15) is 10.6 Å². The van der Waals surface area contributed by atoms with Gasteiger partial charge in [0.05, 0.1) is 7.11 Å². The molecule has 1 aromatic rings. The largest absolute Gasteiger partial charge is 0.495 e. The highest BCUT2D eigenvalue weighted by Crippen LogP contribution is 2.23. The Kier molecular flexibility index (Phi) is 3.11. The van der Waals surface area contributed by atoms with E-state index in [0.29, 0.717) is 0 Å². The van der Waals surface area contributed by atoms with E-state index in [1.54, 1.807) is 0 Å². The van der Waals surface area contributed by atoms with Crippen molar-refractivity contribution in [2.24, 2.45) is 5.14 Å². The number of ether oxygens (including phenoxy) is 1. The number of primary sulfonamides is 1. The second-order valence-electron chi connectivity index (χ2n) is 2.97. The number of nitrogens with two attached hydrogens (primary N) is 1. The SMILES string of the molecule is COc1ccc(C(C)=O)cc1S(N)(=O)=O. The summed E-state index contributed by atoms with van der Waals surface area (Å²) in [6, 6.07) is 4.09. The molecule has 1 rings (SSSR count). The van der Waals surface area contributed by atoms with Crippen molar-refractivity contribution < 1.29 is 17.9 Å². The molecule has 0 amide bonds. The molecule has 0 radical (unpaired) electrons. The molecule has 5 nitrogen and oxygen atoms in total. The molecule has 2 N–H and O–H groups in total. The highest BCUT2D eigenvalue weighted by atomic mass is 32.2. The number of benzene rings is 1. The van der Waals surface area contributed by atoms with Crippen LogP contribution in [0.25, 0.3) is 0 Å². The molecule has 0 aromatic heterocycles. The number of carbonyl (C=O) groups excluding carboxylic acids is 1. The maximum absolute atomic E-state index is 11.2. The standard InChI is InChI=1S/C9H11NO4S/c1-6(11)7-3-4-8(14-2)9(5-7)15(10,12)13/h3-5H,1-2H3,(H2,10,12,13). The molecule has 6 heteroatoms. The third-order valence-corrected chi connectivity index (χ3v) is 2.81. The van der Waals surface area contributed by atoms with Gasteiger partial charge in [-0.25, -0.2) is 13.6 Å². The molecule has 82 valence electrons. The predicted molar refractivity (Wildman–Crippen MR) is 54.4 cm³/mol. The van der Waals surface area contributed by atoms with Gasteiger partial charge in [-0.05, 0) is 25.1 Å². The normalized spacial score (nSPS) is 11.1. The van der Waals surface area contributed by atoms with Crippen molar-refractivity contribution in [1.29, 1.82) is 0 Å². The number of hydrogen-bond acceptors (Lipinski definition) is 4. The Morgan fingerprint density at radius 3 is 2.40 bits per heavy atom. The Balaban J connectivity index is 3.46. The van der Waals surface area contributed by atoms with Crippen molar-refractivity contribution in [2.45, 2.75) is 11.8 Å². The summed E-state index contributed by atoms with van der Waals surface area (Å²) in [6.45, 7) is 1.34. The molecule has 0 spiro atoms. The molecule has 0 aliphatic rings. The number of carbonyl (C=O) groups is 1. The Morgan fingerprint density at radius 2 is 2.00 bits per heavy atom. The lowest BCUT2D eigenvalue weighted by Crippen LogP contribution is -2.14. The maximum atomic E-state index is 11.2. The fourth-order valence-electron chi connectivity index (χ4n) is 1.12. The van der Waals surface area contributed by atoms with Crippen molar-refractivity contribution in [3.05, 3.63) is 23.8 Å². The molecule has 0 aliphatic carbocycles. The van der Waals surface area contributed by atoms with Crippen molar-refractivity contribution >= 4 is 15.8 Å². The summed E-state index contributed by atoms with van der Waals surface area (Å²) >= 11 is 0. The molecule has 0 atom stereocenters. The molecule has 0 heterocycles. The van der Waals surface area contributed by atoms with E-state index >= 15 is 0 Å². The van der Waals surface area contributed by atoms with Crippen LogP contribution in [0.15, 0.2) is 23.1 Å². The third-order valence-electron chi connectivity index (χ3n) is 1.88. The first-order chi connectivity index (χ1) is 6.86. The van der Waals surface area contributed by atoms with Crippen molar-refractivity contribution in [2.75, 3.05) is 7.11 Å². The van der Waals surface area contributed by atoms with Crippen LogP contribution in [0.2, 0.25) is 0 Å². The zero-order valence-corrected chi connectivity index (χ0v) is 9.17. The number of methoxy groups -OCH3 is 1. The third kappa shape index (κ3) is 2.54. The highest BCUT2D eigenvalue weighted by molar-refractivity contribution is 7.89. The smallest absolute Gasteiger partial charge is 0.241 e. The van der Waals surface area contributed by atoms with Crippen molar-refractivity contribution in [3.8, 4) is 5.75 Å². The first-order valence-electron chi connectivity index (χ1n) is 4.08. The molecule has 1 aromatic carbocycles. The summed E-state index contributed by atoms with van der Waals surface area (Å²) in [7, 11) is -2.55. The molecule has 0 fully saturated rings. The molecular formula is C9H11NO4S. The molecule has 0 unspecified atom stereocenters. The van der Waals surface area contributed by atoms with Crippen molar-refractivity contribution in [1.82, 2.24) is 0 Å². The van der Waals surface area contributed by atoms with Crippen LogP contribution in [0.5, 0.6) is 5.75 Å². The summed E-state index contributed by atoms with van der Waals surface area (Å²) in [6.07, 6.45) is 0. The highest BCUT2D eigenvalue weighted by Gasteiger charge is 2.16. The van der Waals surface area contributed by atoms with Gasteiger partial charge in [-0.15, -0.1) is 0 Å². The topological polar surface area (TPSA) is 86.5 Å². The number of Topliss-reactive ketones (excluding diaryl/α,β-unsaturated/α-hetero) is 1. The zero-order chi connectivity index (χ0) is 11.6. The Morgan fingerprint density at radius 1 is 1.40 bits per heavy atom. The van der Waals surface area contributed by atoms with Gasteiger partial charge >= 0.3 is 0 Å². The lowest BCUT2D eigenvalue weighted by molar-refractivity contribution is 0.101. The van der Waals surface area contributed by atoms with Crippen LogP contribution in [-0.2, 0) is 10.0 Å². The van der Waals surface area contributed by atoms with Gasteiger partial charge in [-0.2, -0.15) is 0 Å². The first-order valence-corrected chi connectivity index (χ1v) is 5.62. The van der Waals surface area contributed by atoms with Crippen LogP contribution < -0.4 is 9.88 Å². The van der Waals surface area contributed by atoms with E-state index in [4.69, 9.17) is 9.88 Å². The van der Waals surface area contributed by atoms with E-state index in [0.717, 1.165) is 0 Å². The van der Waals surface area contributed by atoms with Gasteiger partial charge in [0.15, 0.2) is 5.78 Å². The van der Waals surface area contributed by atoms with Gasteiger partial charge in [-0.1, -0.05) is 0 Å². The monoisotopic (exact) mass is 229 g/mol. The first kappa shape index (κ1) is 11.7. The van der Waals surface area contributed by atoms with E-state index in [9.17, 15) is 13.2 Å². The van der Waals surface area contributed by atoms with E-state index < -0.39 is 10.0 Å². The van der Waals surface area contributed by atoms with E-state index in [2.05, 4.69) is 0 Å². The molecule has 0 bridgehead atoms. The summed E-state index contributed by atoms with van der Waals surface area (Å²) < 4.78 is 27.2. The van der Waals surface area contributed by atoms with E-state index in [1.807, 2.05) is 0 Å². The fraction of sp³-hybridized carbons (Fsp3) is 0.222. The number of rotatable bonds is 3. The molecular weight excluding hydrogens is 218 g/mol. The predicted octanol–water partition coefficient (Wildman–Crippen LogP) is 0.545. The fourth-order valence-corrected chi connectivity index (χ4v) is 1.84. The van der Waals surface area contributed by atoms with Crippen LogP contribution in [0.4, 0.5) is 0 Å². The number of hydrogen-bond donors (Lipinski definition) is 1. The van der Waals surface area contributed by atoms with Crippen LogP contribution in [0.1, 0.15) is 17.3 Å². The summed E-state index contributed by atoms with van der Waals surface area (Å²) in [5, 5.41) is 4.98. The lowest BCUT2D eigenvalue weighted by atomic mass is 10.1. The average molecular weight is 229 g/mol. The number of ketones is 1. The molecule has 0 saturated carbocycles. The van der Waals surface area contributed by atoms with Crippen LogP contribution in [-0.4, -0.2) is 21.3 Å². The quantitative estimate of drug-likeness (QED) is 0.766. The van der Waals surface area contributed by atoms with Crippen LogP contribution >= 0.6 is 0 Å². The van der Waals surface area contributed by atoms with E-state index in [1.165, 1.54) is 32.2 Å². The Labute approximate surface area is 87.9 Å². The van der Waals surface area contributed by atoms with Crippen LogP contribution in [0, 0.1) is 0 Å². The second-order valence-corrected chi connectivity index (χ2v) is 4.50. The summed E-state index contributed by atoms with van der Waals surface area (Å²) in [5.41, 5.74) is 0.278. The summed E-state index contributed by atoms with van der Waals surface area (Å²) in [5.74, 6) is -0.106. The zero-order valence-electron chi connectivity index (χ0n) is 8.35. The minimum atomic E-state index is -3.88. The Bertz CT molecular complexity index is 493. The van der Waals surface area contributed by atoms with Gasteiger partial charge in [0.2, 0.25) is 10.0 Å².